The molecular weight excluding hydrogens is 324 g/mol. The first-order valence-corrected chi connectivity index (χ1v) is 9.05. The van der Waals surface area contributed by atoms with Crippen molar-refractivity contribution in [2.45, 2.75) is 25.8 Å². The van der Waals surface area contributed by atoms with Gasteiger partial charge in [-0.1, -0.05) is 30.3 Å². The quantitative estimate of drug-likeness (QED) is 0.554. The van der Waals surface area contributed by atoms with Gasteiger partial charge in [-0.2, -0.15) is 4.68 Å². The molecule has 0 bridgehead atoms. The smallest absolute Gasteiger partial charge is 0.157 e. The number of fused-ring (bicyclic) bond motifs is 2. The summed E-state index contributed by atoms with van der Waals surface area (Å²) in [4.78, 5) is 6.74. The second-order valence-corrected chi connectivity index (χ2v) is 7.07. The van der Waals surface area contributed by atoms with Crippen LogP contribution in [0.15, 0.2) is 42.6 Å². The predicted octanol–water partition coefficient (Wildman–Crippen LogP) is 2.71. The lowest BCUT2D eigenvalue weighted by Crippen LogP contribution is -2.36. The van der Waals surface area contributed by atoms with E-state index in [0.29, 0.717) is 11.3 Å². The van der Waals surface area contributed by atoms with E-state index in [1.54, 1.807) is 0 Å². The molecule has 1 saturated carbocycles. The SMILES string of the molecule is N=C(C1CC1)n1nc(N2CCc3ncccc3C2)c2ccccc2c1=N. The van der Waals surface area contributed by atoms with E-state index in [1.165, 1.54) is 10.2 Å². The monoisotopic (exact) mass is 344 g/mol. The summed E-state index contributed by atoms with van der Waals surface area (Å²) in [6, 6.07) is 12.0. The zero-order valence-corrected chi connectivity index (χ0v) is 14.4. The molecular formula is C20H20N6. The number of anilines is 1. The second kappa shape index (κ2) is 5.76. The molecule has 1 aliphatic heterocycles. The maximum absolute atomic E-state index is 8.55. The van der Waals surface area contributed by atoms with Crippen molar-refractivity contribution in [3.05, 3.63) is 59.3 Å². The van der Waals surface area contributed by atoms with Crippen LogP contribution in [-0.2, 0) is 13.0 Å². The molecule has 26 heavy (non-hydrogen) atoms. The molecule has 3 aromatic rings. The minimum atomic E-state index is 0.247. The van der Waals surface area contributed by atoms with Crippen molar-refractivity contribution < 1.29 is 0 Å². The summed E-state index contributed by atoms with van der Waals surface area (Å²) in [7, 11) is 0. The van der Waals surface area contributed by atoms with Gasteiger partial charge in [0.15, 0.2) is 11.3 Å². The molecule has 1 fully saturated rings. The fourth-order valence-corrected chi connectivity index (χ4v) is 3.68. The van der Waals surface area contributed by atoms with Crippen molar-refractivity contribution in [3.8, 4) is 0 Å². The molecule has 0 atom stereocenters. The van der Waals surface area contributed by atoms with Crippen LogP contribution in [0.4, 0.5) is 5.82 Å². The maximum atomic E-state index is 8.55. The average Bonchev–Trinajstić information content (AvgIpc) is 3.53. The van der Waals surface area contributed by atoms with E-state index in [2.05, 4.69) is 16.0 Å². The Labute approximate surface area is 151 Å². The number of aromatic nitrogens is 3. The number of hydrogen-bond acceptors (Lipinski definition) is 5. The lowest BCUT2D eigenvalue weighted by Gasteiger charge is -2.30. The van der Waals surface area contributed by atoms with Crippen LogP contribution in [-0.4, -0.2) is 27.1 Å². The van der Waals surface area contributed by atoms with Crippen molar-refractivity contribution in [1.29, 1.82) is 10.8 Å². The van der Waals surface area contributed by atoms with Gasteiger partial charge in [-0.25, -0.2) is 0 Å². The highest BCUT2D eigenvalue weighted by molar-refractivity contribution is 5.94. The molecule has 0 radical (unpaired) electrons. The van der Waals surface area contributed by atoms with E-state index in [-0.39, 0.29) is 5.92 Å². The molecule has 2 N–H and O–H groups in total. The lowest BCUT2D eigenvalue weighted by molar-refractivity contribution is 0.684. The average molecular weight is 344 g/mol. The van der Waals surface area contributed by atoms with Crippen molar-refractivity contribution >= 4 is 22.4 Å². The van der Waals surface area contributed by atoms with Gasteiger partial charge in [-0.05, 0) is 24.5 Å². The highest BCUT2D eigenvalue weighted by atomic mass is 15.4. The minimum Gasteiger partial charge on any atom is -0.350 e. The molecule has 0 amide bonds. The van der Waals surface area contributed by atoms with Crippen LogP contribution in [0.1, 0.15) is 24.1 Å². The van der Waals surface area contributed by atoms with Crippen molar-refractivity contribution in [1.82, 2.24) is 14.8 Å². The third-order valence-electron chi connectivity index (χ3n) is 5.29. The molecule has 0 saturated heterocycles. The van der Waals surface area contributed by atoms with E-state index in [0.717, 1.165) is 54.6 Å². The molecule has 5 rings (SSSR count). The topological polar surface area (TPSA) is 81.7 Å². The minimum absolute atomic E-state index is 0.247. The van der Waals surface area contributed by atoms with Crippen molar-refractivity contribution in [2.24, 2.45) is 5.92 Å². The lowest BCUT2D eigenvalue weighted by atomic mass is 10.0. The number of pyridine rings is 1. The van der Waals surface area contributed by atoms with E-state index in [4.69, 9.17) is 15.9 Å². The van der Waals surface area contributed by atoms with Crippen LogP contribution in [0.25, 0.3) is 10.8 Å². The maximum Gasteiger partial charge on any atom is 0.157 e. The van der Waals surface area contributed by atoms with E-state index >= 15 is 0 Å². The summed E-state index contributed by atoms with van der Waals surface area (Å²) in [5.41, 5.74) is 2.69. The van der Waals surface area contributed by atoms with Crippen LogP contribution in [0.5, 0.6) is 0 Å². The molecule has 1 aliphatic carbocycles. The zero-order valence-electron chi connectivity index (χ0n) is 14.4. The highest BCUT2D eigenvalue weighted by Gasteiger charge is 2.30. The number of hydrogen-bond donors (Lipinski definition) is 2. The first-order chi connectivity index (χ1) is 12.7. The molecule has 0 unspecified atom stereocenters. The number of nitrogens with zero attached hydrogens (tertiary/aromatic N) is 4. The molecule has 6 nitrogen and oxygen atoms in total. The number of nitrogens with one attached hydrogen (secondary N) is 2. The fraction of sp³-hybridized carbons (Fsp3) is 0.300. The molecule has 6 heteroatoms. The Bertz CT molecular complexity index is 1080. The first kappa shape index (κ1) is 15.3. The molecule has 0 spiro atoms. The third kappa shape index (κ3) is 2.41. The van der Waals surface area contributed by atoms with E-state index in [1.807, 2.05) is 36.5 Å². The van der Waals surface area contributed by atoms with Crippen molar-refractivity contribution in [3.63, 3.8) is 0 Å². The Morgan fingerprint density at radius 2 is 1.88 bits per heavy atom. The Hall–Kier alpha value is -3.02. The van der Waals surface area contributed by atoms with E-state index < -0.39 is 0 Å². The van der Waals surface area contributed by atoms with Gasteiger partial charge in [-0.15, -0.1) is 5.10 Å². The van der Waals surface area contributed by atoms with Crippen LogP contribution < -0.4 is 10.4 Å². The normalized spacial score (nSPS) is 16.5. The number of benzene rings is 1. The second-order valence-electron chi connectivity index (χ2n) is 7.07. The van der Waals surface area contributed by atoms with E-state index in [9.17, 15) is 0 Å². The van der Waals surface area contributed by atoms with Gasteiger partial charge >= 0.3 is 0 Å². The largest absolute Gasteiger partial charge is 0.350 e. The van der Waals surface area contributed by atoms with Crippen LogP contribution in [0, 0.1) is 16.7 Å². The summed E-state index contributed by atoms with van der Waals surface area (Å²) < 4.78 is 1.54. The Kier molecular flexibility index (Phi) is 3.38. The standard InChI is InChI=1S/C20H20N6/c21-18(13-7-8-13)26-19(22)15-5-1-2-6-16(15)20(24-26)25-11-9-17-14(12-25)4-3-10-23-17/h1-6,10,13,21-22H,7-9,11-12H2. The van der Waals surface area contributed by atoms with Gasteiger partial charge in [0.05, 0.1) is 0 Å². The Morgan fingerprint density at radius 3 is 2.69 bits per heavy atom. The van der Waals surface area contributed by atoms with Gasteiger partial charge in [0, 0.05) is 48.1 Å². The summed E-state index contributed by atoms with van der Waals surface area (Å²) in [5.74, 6) is 1.55. The van der Waals surface area contributed by atoms with Crippen LogP contribution in [0.3, 0.4) is 0 Å². The highest BCUT2D eigenvalue weighted by Crippen LogP contribution is 2.31. The van der Waals surface area contributed by atoms with Gasteiger partial charge in [0.1, 0.15) is 5.84 Å². The molecule has 1 aromatic carbocycles. The van der Waals surface area contributed by atoms with Crippen LogP contribution >= 0.6 is 0 Å². The van der Waals surface area contributed by atoms with Crippen LogP contribution in [0.2, 0.25) is 0 Å². The van der Waals surface area contributed by atoms with Gasteiger partial charge in [0.2, 0.25) is 0 Å². The molecule has 2 aromatic heterocycles. The van der Waals surface area contributed by atoms with Crippen molar-refractivity contribution in [2.75, 3.05) is 11.4 Å². The summed E-state index contributed by atoms with van der Waals surface area (Å²) in [5, 5.41) is 23.6. The fourth-order valence-electron chi connectivity index (χ4n) is 3.68. The summed E-state index contributed by atoms with van der Waals surface area (Å²) in [6.07, 6.45) is 4.78. The Balaban J connectivity index is 1.66. The Morgan fingerprint density at radius 1 is 1.08 bits per heavy atom. The third-order valence-corrected chi connectivity index (χ3v) is 5.29. The molecule has 2 aliphatic rings. The summed E-state index contributed by atoms with van der Waals surface area (Å²) in [6.45, 7) is 1.60. The van der Waals surface area contributed by atoms with Gasteiger partial charge < -0.3 is 4.90 Å². The summed E-state index contributed by atoms with van der Waals surface area (Å²) >= 11 is 0. The first-order valence-electron chi connectivity index (χ1n) is 9.05. The van der Waals surface area contributed by atoms with Gasteiger partial charge in [0.25, 0.3) is 0 Å². The number of rotatable bonds is 2. The predicted molar refractivity (Wildman–Crippen MR) is 100 cm³/mol. The molecule has 130 valence electrons. The molecule has 3 heterocycles. The zero-order chi connectivity index (χ0) is 17.7. The van der Waals surface area contributed by atoms with Gasteiger partial charge in [-0.3, -0.25) is 15.8 Å².